The molecule has 7 aromatic rings. The first-order valence-electron chi connectivity index (χ1n) is 15.0. The molecule has 0 radical (unpaired) electrons. The topological polar surface area (TPSA) is 15.3 Å². The molecule has 206 valence electrons. The summed E-state index contributed by atoms with van der Waals surface area (Å²) in [6.45, 7) is 4.69. The molecule has 0 unspecified atom stereocenters. The molecule has 1 aliphatic rings. The lowest BCUT2D eigenvalue weighted by Crippen LogP contribution is -2.16. The second-order valence-electron chi connectivity index (χ2n) is 11.9. The second kappa shape index (κ2) is 9.89. The zero-order valence-electron chi connectivity index (χ0n) is 24.4. The summed E-state index contributed by atoms with van der Waals surface area (Å²) >= 11 is 0. The molecule has 43 heavy (non-hydrogen) atoms. The van der Waals surface area contributed by atoms with Crippen LogP contribution in [0.25, 0.3) is 32.7 Å². The standard InChI is InChI=1S/C41H32N2/c1-41(2)37-18-8-7-17-35(37)36-26-25-32(27-38(36)41)43(40-20-10-14-29-12-4-6-16-34(29)40)31-23-21-30(22-24-31)42-39-19-9-13-28-11-3-5-15-33(28)39/h3-27,42H,1-2H3. The SMILES string of the molecule is CC1(C)c2ccccc2-c2ccc(N(c3ccc(Nc4cccc5ccccc45)cc3)c3cccc4ccccc34)cc21. The van der Waals surface area contributed by atoms with Crippen LogP contribution in [0.15, 0.2) is 152 Å². The van der Waals surface area contributed by atoms with Gasteiger partial charge in [0.15, 0.2) is 0 Å². The monoisotopic (exact) mass is 552 g/mol. The molecule has 0 saturated heterocycles. The first-order chi connectivity index (χ1) is 21.1. The third-order valence-electron chi connectivity index (χ3n) is 9.03. The smallest absolute Gasteiger partial charge is 0.0540 e. The van der Waals surface area contributed by atoms with Gasteiger partial charge in [-0.05, 0) is 81.6 Å². The van der Waals surface area contributed by atoms with Gasteiger partial charge in [0.1, 0.15) is 0 Å². The summed E-state index contributed by atoms with van der Waals surface area (Å²) < 4.78 is 0. The predicted octanol–water partition coefficient (Wildman–Crippen LogP) is 11.5. The van der Waals surface area contributed by atoms with E-state index < -0.39 is 0 Å². The van der Waals surface area contributed by atoms with Gasteiger partial charge in [-0.25, -0.2) is 0 Å². The van der Waals surface area contributed by atoms with Gasteiger partial charge in [0.2, 0.25) is 0 Å². The van der Waals surface area contributed by atoms with Crippen LogP contribution in [0.2, 0.25) is 0 Å². The first-order valence-corrected chi connectivity index (χ1v) is 15.0. The van der Waals surface area contributed by atoms with Crippen LogP contribution in [0.3, 0.4) is 0 Å². The summed E-state index contributed by atoms with van der Waals surface area (Å²) in [5.41, 5.74) is 11.0. The van der Waals surface area contributed by atoms with E-state index in [0.717, 1.165) is 22.7 Å². The molecule has 8 rings (SSSR count). The average molecular weight is 553 g/mol. The summed E-state index contributed by atoms with van der Waals surface area (Å²) in [6, 6.07) is 54.8. The number of hydrogen-bond acceptors (Lipinski definition) is 2. The van der Waals surface area contributed by atoms with Crippen molar-refractivity contribution in [3.8, 4) is 11.1 Å². The molecule has 0 aliphatic heterocycles. The van der Waals surface area contributed by atoms with Crippen molar-refractivity contribution >= 4 is 50.0 Å². The number of hydrogen-bond donors (Lipinski definition) is 1. The Hall–Kier alpha value is -5.34. The van der Waals surface area contributed by atoms with Crippen LogP contribution >= 0.6 is 0 Å². The number of anilines is 5. The lowest BCUT2D eigenvalue weighted by atomic mass is 9.82. The van der Waals surface area contributed by atoms with Crippen LogP contribution in [0.1, 0.15) is 25.0 Å². The quantitative estimate of drug-likeness (QED) is 0.228. The number of nitrogens with zero attached hydrogens (tertiary/aromatic N) is 1. The van der Waals surface area contributed by atoms with E-state index in [0.29, 0.717) is 0 Å². The molecule has 0 saturated carbocycles. The molecule has 0 amide bonds. The third kappa shape index (κ3) is 4.18. The number of fused-ring (bicyclic) bond motifs is 5. The van der Waals surface area contributed by atoms with E-state index in [1.54, 1.807) is 0 Å². The van der Waals surface area contributed by atoms with Crippen LogP contribution < -0.4 is 10.2 Å². The Kier molecular flexibility index (Phi) is 5.84. The molecule has 1 N–H and O–H groups in total. The van der Waals surface area contributed by atoms with Crippen LogP contribution in [-0.2, 0) is 5.41 Å². The molecule has 2 nitrogen and oxygen atoms in total. The van der Waals surface area contributed by atoms with Crippen molar-refractivity contribution in [2.45, 2.75) is 19.3 Å². The van der Waals surface area contributed by atoms with Crippen LogP contribution in [-0.4, -0.2) is 0 Å². The molecule has 0 spiro atoms. The molecule has 0 bridgehead atoms. The van der Waals surface area contributed by atoms with Gasteiger partial charge in [-0.3, -0.25) is 0 Å². The Morgan fingerprint density at radius 2 is 1.09 bits per heavy atom. The van der Waals surface area contributed by atoms with Crippen molar-refractivity contribution in [1.29, 1.82) is 0 Å². The van der Waals surface area contributed by atoms with Crippen LogP contribution in [0, 0.1) is 0 Å². The molecular weight excluding hydrogens is 520 g/mol. The highest BCUT2D eigenvalue weighted by molar-refractivity contribution is 6.00. The Labute approximate surface area is 252 Å². The maximum absolute atomic E-state index is 3.66. The van der Waals surface area contributed by atoms with E-state index in [1.807, 2.05) is 0 Å². The van der Waals surface area contributed by atoms with Crippen molar-refractivity contribution in [1.82, 2.24) is 0 Å². The Morgan fingerprint density at radius 1 is 0.488 bits per heavy atom. The van der Waals surface area contributed by atoms with E-state index in [4.69, 9.17) is 0 Å². The van der Waals surface area contributed by atoms with Crippen molar-refractivity contribution in [3.63, 3.8) is 0 Å². The molecule has 1 aliphatic carbocycles. The summed E-state index contributed by atoms with van der Waals surface area (Å²) in [4.78, 5) is 2.41. The van der Waals surface area contributed by atoms with Gasteiger partial charge in [-0.15, -0.1) is 0 Å². The van der Waals surface area contributed by atoms with Gasteiger partial charge in [-0.1, -0.05) is 117 Å². The maximum atomic E-state index is 3.66. The maximum Gasteiger partial charge on any atom is 0.0540 e. The summed E-state index contributed by atoms with van der Waals surface area (Å²) in [5, 5.41) is 8.56. The minimum Gasteiger partial charge on any atom is -0.355 e. The second-order valence-corrected chi connectivity index (χ2v) is 11.9. The van der Waals surface area contributed by atoms with Crippen molar-refractivity contribution in [3.05, 3.63) is 163 Å². The zero-order valence-corrected chi connectivity index (χ0v) is 24.4. The van der Waals surface area contributed by atoms with Gasteiger partial charge in [0, 0.05) is 38.9 Å². The van der Waals surface area contributed by atoms with Gasteiger partial charge < -0.3 is 10.2 Å². The fourth-order valence-corrected chi connectivity index (χ4v) is 6.85. The molecule has 0 atom stereocenters. The fourth-order valence-electron chi connectivity index (χ4n) is 6.85. The lowest BCUT2D eigenvalue weighted by molar-refractivity contribution is 0.660. The summed E-state index contributed by atoms with van der Waals surface area (Å²) in [5.74, 6) is 0. The molecular formula is C41H32N2. The normalized spacial score (nSPS) is 13.1. The minimum absolute atomic E-state index is 0.0708. The molecule has 7 aromatic carbocycles. The van der Waals surface area contributed by atoms with Crippen LogP contribution in [0.4, 0.5) is 28.4 Å². The van der Waals surface area contributed by atoms with E-state index in [2.05, 4.69) is 176 Å². The number of nitrogens with one attached hydrogen (secondary N) is 1. The van der Waals surface area contributed by atoms with Crippen molar-refractivity contribution in [2.75, 3.05) is 10.2 Å². The third-order valence-corrected chi connectivity index (χ3v) is 9.03. The number of benzene rings is 7. The highest BCUT2D eigenvalue weighted by Gasteiger charge is 2.35. The summed E-state index contributed by atoms with van der Waals surface area (Å²) in [7, 11) is 0. The van der Waals surface area contributed by atoms with E-state index in [-0.39, 0.29) is 5.41 Å². The van der Waals surface area contributed by atoms with E-state index in [1.165, 1.54) is 49.5 Å². The lowest BCUT2D eigenvalue weighted by Gasteiger charge is -2.29. The Balaban J connectivity index is 1.25. The minimum atomic E-state index is -0.0708. The largest absolute Gasteiger partial charge is 0.355 e. The van der Waals surface area contributed by atoms with Gasteiger partial charge in [-0.2, -0.15) is 0 Å². The predicted molar refractivity (Wildman–Crippen MR) is 183 cm³/mol. The van der Waals surface area contributed by atoms with Gasteiger partial charge in [0.05, 0.1) is 5.69 Å². The fraction of sp³-hybridized carbons (Fsp3) is 0.0732. The number of rotatable bonds is 5. The van der Waals surface area contributed by atoms with Gasteiger partial charge in [0.25, 0.3) is 0 Å². The summed E-state index contributed by atoms with van der Waals surface area (Å²) in [6.07, 6.45) is 0. The zero-order chi connectivity index (χ0) is 29.0. The Bertz CT molecular complexity index is 2130. The first kappa shape index (κ1) is 25.4. The van der Waals surface area contributed by atoms with Crippen molar-refractivity contribution < 1.29 is 0 Å². The molecule has 2 heteroatoms. The highest BCUT2D eigenvalue weighted by Crippen LogP contribution is 2.51. The van der Waals surface area contributed by atoms with E-state index >= 15 is 0 Å². The van der Waals surface area contributed by atoms with Gasteiger partial charge >= 0.3 is 0 Å². The molecule has 0 aromatic heterocycles. The van der Waals surface area contributed by atoms with Crippen LogP contribution in [0.5, 0.6) is 0 Å². The van der Waals surface area contributed by atoms with Crippen molar-refractivity contribution in [2.24, 2.45) is 0 Å². The highest BCUT2D eigenvalue weighted by atomic mass is 15.1. The van der Waals surface area contributed by atoms with E-state index in [9.17, 15) is 0 Å². The molecule has 0 fully saturated rings. The Morgan fingerprint density at radius 3 is 1.91 bits per heavy atom. The molecule has 0 heterocycles. The average Bonchev–Trinajstić information content (AvgIpc) is 3.28.